The van der Waals surface area contributed by atoms with E-state index in [1.165, 1.54) is 0 Å². The van der Waals surface area contributed by atoms with Crippen molar-refractivity contribution in [2.45, 2.75) is 33.4 Å². The van der Waals surface area contributed by atoms with Crippen LogP contribution in [0.4, 0.5) is 0 Å². The molecule has 0 spiro atoms. The average Bonchev–Trinajstić information content (AvgIpc) is 2.76. The van der Waals surface area contributed by atoms with Crippen molar-refractivity contribution in [2.75, 3.05) is 0 Å². The fourth-order valence-corrected chi connectivity index (χ4v) is 2.17. The molecule has 1 aromatic heterocycles. The summed E-state index contributed by atoms with van der Waals surface area (Å²) in [5.74, 6) is 1.66. The Labute approximate surface area is 112 Å². The summed E-state index contributed by atoms with van der Waals surface area (Å²) in [6.07, 6.45) is 1.01. The van der Waals surface area contributed by atoms with Crippen LogP contribution in [0.25, 0.3) is 11.4 Å². The Morgan fingerprint density at radius 3 is 2.78 bits per heavy atom. The molecule has 0 unspecified atom stereocenters. The third-order valence-corrected chi connectivity index (χ3v) is 3.38. The smallest absolute Gasteiger partial charge is 0.164 e. The number of halogens is 1. The summed E-state index contributed by atoms with van der Waals surface area (Å²) in [6, 6.07) is 5.82. The molecule has 0 bridgehead atoms. The lowest BCUT2D eigenvalue weighted by Crippen LogP contribution is -2.09. The van der Waals surface area contributed by atoms with Gasteiger partial charge in [0.2, 0.25) is 0 Å². The molecule has 0 amide bonds. The number of benzene rings is 1. The number of rotatable bonds is 4. The van der Waals surface area contributed by atoms with Gasteiger partial charge in [-0.25, -0.2) is 0 Å². The number of nitrogens with zero attached hydrogens (tertiary/aromatic N) is 3. The van der Waals surface area contributed by atoms with Crippen LogP contribution in [0.3, 0.4) is 0 Å². The van der Waals surface area contributed by atoms with Gasteiger partial charge in [-0.15, -0.1) is 10.2 Å². The van der Waals surface area contributed by atoms with Gasteiger partial charge in [-0.2, -0.15) is 0 Å². The topological polar surface area (TPSA) is 56.7 Å². The molecular weight excluding hydrogens is 248 g/mol. The standard InChI is InChI=1S/C13H17ClN4/c1-3-7-18-12(8-15)16-17-13(18)10-5-4-6-11(14)9(10)2/h4-6H,3,7-8,15H2,1-2H3. The molecule has 0 aliphatic rings. The fourth-order valence-electron chi connectivity index (χ4n) is 1.99. The number of aromatic nitrogens is 3. The van der Waals surface area contributed by atoms with Crippen molar-refractivity contribution < 1.29 is 0 Å². The number of hydrogen-bond acceptors (Lipinski definition) is 3. The minimum atomic E-state index is 0.395. The first kappa shape index (κ1) is 13.1. The summed E-state index contributed by atoms with van der Waals surface area (Å²) < 4.78 is 2.07. The van der Waals surface area contributed by atoms with Crippen LogP contribution in [0, 0.1) is 6.92 Å². The third-order valence-electron chi connectivity index (χ3n) is 2.97. The zero-order valence-corrected chi connectivity index (χ0v) is 11.4. The molecule has 0 saturated carbocycles. The summed E-state index contributed by atoms with van der Waals surface area (Å²) in [4.78, 5) is 0. The van der Waals surface area contributed by atoms with Crippen LogP contribution in [-0.4, -0.2) is 14.8 Å². The molecule has 1 heterocycles. The highest BCUT2D eigenvalue weighted by molar-refractivity contribution is 6.31. The van der Waals surface area contributed by atoms with Gasteiger partial charge >= 0.3 is 0 Å². The maximum absolute atomic E-state index is 6.15. The van der Waals surface area contributed by atoms with Gasteiger partial charge in [0, 0.05) is 17.1 Å². The van der Waals surface area contributed by atoms with Crippen molar-refractivity contribution in [1.82, 2.24) is 14.8 Å². The van der Waals surface area contributed by atoms with Crippen molar-refractivity contribution >= 4 is 11.6 Å². The van der Waals surface area contributed by atoms with Gasteiger partial charge in [0.15, 0.2) is 5.82 Å². The Hall–Kier alpha value is -1.39. The summed E-state index contributed by atoms with van der Waals surface area (Å²) in [7, 11) is 0. The first-order chi connectivity index (χ1) is 8.69. The predicted molar refractivity (Wildman–Crippen MR) is 73.4 cm³/mol. The monoisotopic (exact) mass is 264 g/mol. The lowest BCUT2D eigenvalue weighted by molar-refractivity contribution is 0.643. The number of hydrogen-bond donors (Lipinski definition) is 1. The van der Waals surface area contributed by atoms with Gasteiger partial charge in [0.05, 0.1) is 6.54 Å². The van der Waals surface area contributed by atoms with Crippen LogP contribution in [0.5, 0.6) is 0 Å². The van der Waals surface area contributed by atoms with Crippen molar-refractivity contribution in [1.29, 1.82) is 0 Å². The molecule has 0 radical (unpaired) electrons. The second kappa shape index (κ2) is 5.50. The van der Waals surface area contributed by atoms with E-state index in [1.54, 1.807) is 0 Å². The largest absolute Gasteiger partial charge is 0.324 e. The Morgan fingerprint density at radius 1 is 1.33 bits per heavy atom. The molecule has 5 heteroatoms. The highest BCUT2D eigenvalue weighted by Crippen LogP contribution is 2.27. The third kappa shape index (κ3) is 2.26. The van der Waals surface area contributed by atoms with E-state index in [2.05, 4.69) is 21.7 Å². The lowest BCUT2D eigenvalue weighted by Gasteiger charge is -2.10. The Kier molecular flexibility index (Phi) is 3.99. The zero-order chi connectivity index (χ0) is 13.1. The maximum Gasteiger partial charge on any atom is 0.164 e. The van der Waals surface area contributed by atoms with Gasteiger partial charge in [0.25, 0.3) is 0 Å². The quantitative estimate of drug-likeness (QED) is 0.924. The Morgan fingerprint density at radius 2 is 2.11 bits per heavy atom. The van der Waals surface area contributed by atoms with E-state index >= 15 is 0 Å². The Bertz CT molecular complexity index is 548. The van der Waals surface area contributed by atoms with Gasteiger partial charge in [-0.3, -0.25) is 0 Å². The van der Waals surface area contributed by atoms with E-state index in [1.807, 2.05) is 25.1 Å². The van der Waals surface area contributed by atoms with E-state index in [9.17, 15) is 0 Å². The summed E-state index contributed by atoms with van der Waals surface area (Å²) in [6.45, 7) is 5.37. The predicted octanol–water partition coefficient (Wildman–Crippen LogP) is 2.78. The molecule has 96 valence electrons. The minimum absolute atomic E-state index is 0.395. The SMILES string of the molecule is CCCn1c(CN)nnc1-c1cccc(Cl)c1C. The van der Waals surface area contributed by atoms with Crippen LogP contribution in [-0.2, 0) is 13.1 Å². The fraction of sp³-hybridized carbons (Fsp3) is 0.385. The van der Waals surface area contributed by atoms with Crippen LogP contribution < -0.4 is 5.73 Å². The molecule has 18 heavy (non-hydrogen) atoms. The molecular formula is C13H17ClN4. The normalized spacial score (nSPS) is 10.9. The second-order valence-electron chi connectivity index (χ2n) is 4.21. The van der Waals surface area contributed by atoms with Gasteiger partial charge in [-0.1, -0.05) is 30.7 Å². The summed E-state index contributed by atoms with van der Waals surface area (Å²) in [5.41, 5.74) is 7.73. The summed E-state index contributed by atoms with van der Waals surface area (Å²) >= 11 is 6.15. The van der Waals surface area contributed by atoms with E-state index in [-0.39, 0.29) is 0 Å². The first-order valence-corrected chi connectivity index (χ1v) is 6.44. The van der Waals surface area contributed by atoms with Crippen LogP contribution in [0.2, 0.25) is 5.02 Å². The van der Waals surface area contributed by atoms with Crippen molar-refractivity contribution in [2.24, 2.45) is 5.73 Å². The average molecular weight is 265 g/mol. The van der Waals surface area contributed by atoms with Gasteiger partial charge in [0.1, 0.15) is 5.82 Å². The molecule has 4 nitrogen and oxygen atoms in total. The highest BCUT2D eigenvalue weighted by atomic mass is 35.5. The van der Waals surface area contributed by atoms with Crippen molar-refractivity contribution in [3.8, 4) is 11.4 Å². The van der Waals surface area contributed by atoms with Crippen molar-refractivity contribution in [3.05, 3.63) is 34.6 Å². The first-order valence-electron chi connectivity index (χ1n) is 6.06. The highest BCUT2D eigenvalue weighted by Gasteiger charge is 2.14. The van der Waals surface area contributed by atoms with E-state index in [4.69, 9.17) is 17.3 Å². The molecule has 0 saturated heterocycles. The number of nitrogens with two attached hydrogens (primary N) is 1. The Balaban J connectivity index is 2.56. The van der Waals surface area contributed by atoms with Crippen molar-refractivity contribution in [3.63, 3.8) is 0 Å². The molecule has 2 N–H and O–H groups in total. The summed E-state index contributed by atoms with van der Waals surface area (Å²) in [5, 5.41) is 9.14. The van der Waals surface area contributed by atoms with Gasteiger partial charge in [-0.05, 0) is 25.0 Å². The van der Waals surface area contributed by atoms with E-state index in [0.29, 0.717) is 6.54 Å². The molecule has 2 rings (SSSR count). The van der Waals surface area contributed by atoms with E-state index < -0.39 is 0 Å². The lowest BCUT2D eigenvalue weighted by atomic mass is 10.1. The molecule has 1 aromatic carbocycles. The second-order valence-corrected chi connectivity index (χ2v) is 4.62. The molecule has 2 aromatic rings. The van der Waals surface area contributed by atoms with Crippen LogP contribution in [0.1, 0.15) is 24.7 Å². The molecule has 0 atom stereocenters. The van der Waals surface area contributed by atoms with Crippen LogP contribution in [0.15, 0.2) is 18.2 Å². The molecule has 0 aliphatic carbocycles. The van der Waals surface area contributed by atoms with Crippen LogP contribution >= 0.6 is 11.6 Å². The molecule has 0 fully saturated rings. The van der Waals surface area contributed by atoms with Gasteiger partial charge < -0.3 is 10.3 Å². The minimum Gasteiger partial charge on any atom is -0.324 e. The molecule has 0 aliphatic heterocycles. The maximum atomic E-state index is 6.15. The zero-order valence-electron chi connectivity index (χ0n) is 10.7. The van der Waals surface area contributed by atoms with E-state index in [0.717, 1.165) is 40.8 Å².